The minimum Gasteiger partial charge on any atom is -0.368 e. The van der Waals surface area contributed by atoms with Gasteiger partial charge in [-0.1, -0.05) is 0 Å². The predicted molar refractivity (Wildman–Crippen MR) is 62.0 cm³/mol. The zero-order valence-corrected chi connectivity index (χ0v) is 10.4. The Kier molecular flexibility index (Phi) is 3.64. The Bertz CT molecular complexity index is 412. The molecular formula is C10H15N3O2S. The Labute approximate surface area is 98.1 Å². The average molecular weight is 241 g/mol. The summed E-state index contributed by atoms with van der Waals surface area (Å²) >= 11 is 1.49. The smallest absolute Gasteiger partial charge is 0.242 e. The fraction of sp³-hybridized carbons (Fsp3) is 0.500. The lowest BCUT2D eigenvalue weighted by molar-refractivity contribution is -0.130. The summed E-state index contributed by atoms with van der Waals surface area (Å²) in [6.07, 6.45) is 0.168. The van der Waals surface area contributed by atoms with E-state index in [0.717, 1.165) is 5.01 Å². The third-order valence-electron chi connectivity index (χ3n) is 2.08. The number of primary amides is 1. The van der Waals surface area contributed by atoms with E-state index in [1.807, 2.05) is 12.3 Å². The maximum Gasteiger partial charge on any atom is 0.242 e. The van der Waals surface area contributed by atoms with Gasteiger partial charge >= 0.3 is 0 Å². The number of aromatic nitrogens is 1. The van der Waals surface area contributed by atoms with E-state index in [2.05, 4.69) is 10.3 Å². The van der Waals surface area contributed by atoms with Crippen molar-refractivity contribution in [2.75, 3.05) is 0 Å². The van der Waals surface area contributed by atoms with E-state index < -0.39 is 11.4 Å². The molecule has 1 heterocycles. The topological polar surface area (TPSA) is 85.1 Å². The molecule has 3 N–H and O–H groups in total. The molecule has 0 aliphatic carbocycles. The third-order valence-corrected chi connectivity index (χ3v) is 2.90. The van der Waals surface area contributed by atoms with Gasteiger partial charge in [-0.2, -0.15) is 0 Å². The summed E-state index contributed by atoms with van der Waals surface area (Å²) in [5, 5.41) is 5.30. The van der Waals surface area contributed by atoms with Gasteiger partial charge in [0, 0.05) is 5.38 Å². The third kappa shape index (κ3) is 3.30. The zero-order valence-electron chi connectivity index (χ0n) is 9.53. The molecule has 0 radical (unpaired) electrons. The lowest BCUT2D eigenvalue weighted by Gasteiger charge is -2.21. The molecule has 0 aliphatic heterocycles. The summed E-state index contributed by atoms with van der Waals surface area (Å²) in [6, 6.07) is 0. The summed E-state index contributed by atoms with van der Waals surface area (Å²) in [7, 11) is 0. The largest absolute Gasteiger partial charge is 0.368 e. The Morgan fingerprint density at radius 2 is 2.19 bits per heavy atom. The summed E-state index contributed by atoms with van der Waals surface area (Å²) in [5.74, 6) is -0.815. The van der Waals surface area contributed by atoms with E-state index in [1.54, 1.807) is 13.8 Å². The minimum absolute atomic E-state index is 0.168. The van der Waals surface area contributed by atoms with Gasteiger partial charge < -0.3 is 11.1 Å². The first-order chi connectivity index (χ1) is 7.31. The zero-order chi connectivity index (χ0) is 12.3. The number of aryl methyl sites for hydroxylation is 1. The van der Waals surface area contributed by atoms with Gasteiger partial charge in [0.2, 0.25) is 11.8 Å². The predicted octanol–water partition coefficient (Wildman–Crippen LogP) is 0.374. The molecule has 0 aliphatic rings. The molecule has 0 atom stereocenters. The number of thiazole rings is 1. The van der Waals surface area contributed by atoms with Crippen molar-refractivity contribution in [3.63, 3.8) is 0 Å². The molecule has 6 heteroatoms. The maximum absolute atomic E-state index is 11.6. The molecule has 0 unspecified atom stereocenters. The van der Waals surface area contributed by atoms with E-state index in [1.165, 1.54) is 11.3 Å². The normalized spacial score (nSPS) is 11.2. The van der Waals surface area contributed by atoms with Crippen LogP contribution in [0, 0.1) is 6.92 Å². The van der Waals surface area contributed by atoms with Crippen LogP contribution in [-0.4, -0.2) is 22.3 Å². The van der Waals surface area contributed by atoms with Gasteiger partial charge in [-0.05, 0) is 20.8 Å². The molecule has 0 fully saturated rings. The number of rotatable bonds is 4. The maximum atomic E-state index is 11.6. The molecule has 0 spiro atoms. The molecule has 1 aromatic heterocycles. The van der Waals surface area contributed by atoms with Crippen LogP contribution in [0.1, 0.15) is 24.5 Å². The second kappa shape index (κ2) is 4.61. The van der Waals surface area contributed by atoms with E-state index >= 15 is 0 Å². The van der Waals surface area contributed by atoms with E-state index in [0.29, 0.717) is 5.69 Å². The second-order valence-electron chi connectivity index (χ2n) is 4.07. The molecule has 0 aromatic carbocycles. The van der Waals surface area contributed by atoms with Gasteiger partial charge in [0.05, 0.1) is 17.1 Å². The second-order valence-corrected chi connectivity index (χ2v) is 5.13. The number of amides is 2. The monoisotopic (exact) mass is 241 g/mol. The van der Waals surface area contributed by atoms with Crippen LogP contribution >= 0.6 is 11.3 Å². The standard InChI is InChI=1S/C10H15N3O2S/c1-6-12-7(5-16-6)4-8(14)13-10(2,3)9(11)15/h5H,4H2,1-3H3,(H2,11,15)(H,13,14). The number of carbonyl (C=O) groups excluding carboxylic acids is 2. The molecule has 1 rings (SSSR count). The van der Waals surface area contributed by atoms with Crippen molar-refractivity contribution >= 4 is 23.2 Å². The lowest BCUT2D eigenvalue weighted by atomic mass is 10.0. The molecule has 2 amide bonds. The van der Waals surface area contributed by atoms with Crippen molar-refractivity contribution in [3.05, 3.63) is 16.1 Å². The van der Waals surface area contributed by atoms with Crippen LogP contribution in [0.15, 0.2) is 5.38 Å². The van der Waals surface area contributed by atoms with E-state index in [9.17, 15) is 9.59 Å². The van der Waals surface area contributed by atoms with Crippen LogP contribution in [0.3, 0.4) is 0 Å². The highest BCUT2D eigenvalue weighted by atomic mass is 32.1. The first-order valence-corrected chi connectivity index (χ1v) is 5.71. The van der Waals surface area contributed by atoms with E-state index in [-0.39, 0.29) is 12.3 Å². The number of carbonyl (C=O) groups is 2. The molecule has 0 saturated heterocycles. The van der Waals surface area contributed by atoms with Gasteiger partial charge in [-0.3, -0.25) is 9.59 Å². The minimum atomic E-state index is -1.03. The molecule has 0 bridgehead atoms. The van der Waals surface area contributed by atoms with Crippen molar-refractivity contribution in [2.24, 2.45) is 5.73 Å². The van der Waals surface area contributed by atoms with Crippen molar-refractivity contribution < 1.29 is 9.59 Å². The Balaban J connectivity index is 2.58. The molecule has 1 aromatic rings. The lowest BCUT2D eigenvalue weighted by Crippen LogP contribution is -2.53. The molecule has 5 nitrogen and oxygen atoms in total. The number of hydrogen-bond donors (Lipinski definition) is 2. The fourth-order valence-electron chi connectivity index (χ4n) is 1.11. The highest BCUT2D eigenvalue weighted by Crippen LogP contribution is 2.09. The van der Waals surface area contributed by atoms with Crippen molar-refractivity contribution in [1.29, 1.82) is 0 Å². The first kappa shape index (κ1) is 12.6. The fourth-order valence-corrected chi connectivity index (χ4v) is 1.72. The Morgan fingerprint density at radius 3 is 2.62 bits per heavy atom. The summed E-state index contributed by atoms with van der Waals surface area (Å²) in [5.41, 5.74) is 4.83. The Hall–Kier alpha value is -1.43. The van der Waals surface area contributed by atoms with Crippen LogP contribution in [0.2, 0.25) is 0 Å². The van der Waals surface area contributed by atoms with Gasteiger partial charge in [0.15, 0.2) is 0 Å². The van der Waals surface area contributed by atoms with Crippen molar-refractivity contribution in [2.45, 2.75) is 32.7 Å². The van der Waals surface area contributed by atoms with Crippen molar-refractivity contribution in [3.8, 4) is 0 Å². The van der Waals surface area contributed by atoms with Crippen LogP contribution in [0.5, 0.6) is 0 Å². The Morgan fingerprint density at radius 1 is 1.56 bits per heavy atom. The number of hydrogen-bond acceptors (Lipinski definition) is 4. The summed E-state index contributed by atoms with van der Waals surface area (Å²) in [6.45, 7) is 5.01. The van der Waals surface area contributed by atoms with Crippen LogP contribution < -0.4 is 11.1 Å². The highest BCUT2D eigenvalue weighted by molar-refractivity contribution is 7.09. The summed E-state index contributed by atoms with van der Waals surface area (Å²) < 4.78 is 0. The quantitative estimate of drug-likeness (QED) is 0.799. The first-order valence-electron chi connectivity index (χ1n) is 4.83. The number of nitrogens with one attached hydrogen (secondary N) is 1. The van der Waals surface area contributed by atoms with Crippen LogP contribution in [0.4, 0.5) is 0 Å². The molecule has 16 heavy (non-hydrogen) atoms. The average Bonchev–Trinajstić information content (AvgIpc) is 2.49. The highest BCUT2D eigenvalue weighted by Gasteiger charge is 2.26. The van der Waals surface area contributed by atoms with Gasteiger partial charge in [0.25, 0.3) is 0 Å². The summed E-state index contributed by atoms with van der Waals surface area (Å²) in [4.78, 5) is 26.8. The number of nitrogens with zero attached hydrogens (tertiary/aromatic N) is 1. The molecular weight excluding hydrogens is 226 g/mol. The SMILES string of the molecule is Cc1nc(CC(=O)NC(C)(C)C(N)=O)cs1. The van der Waals surface area contributed by atoms with Crippen LogP contribution in [-0.2, 0) is 16.0 Å². The molecule has 0 saturated carbocycles. The van der Waals surface area contributed by atoms with Gasteiger partial charge in [-0.25, -0.2) is 4.98 Å². The molecule has 88 valence electrons. The van der Waals surface area contributed by atoms with Crippen molar-refractivity contribution in [1.82, 2.24) is 10.3 Å². The van der Waals surface area contributed by atoms with Crippen LogP contribution in [0.25, 0.3) is 0 Å². The van der Waals surface area contributed by atoms with Gasteiger partial charge in [0.1, 0.15) is 5.54 Å². The number of nitrogens with two attached hydrogens (primary N) is 1. The van der Waals surface area contributed by atoms with E-state index in [4.69, 9.17) is 5.73 Å². The van der Waals surface area contributed by atoms with Gasteiger partial charge in [-0.15, -0.1) is 11.3 Å².